The molecule has 0 radical (unpaired) electrons. The van der Waals surface area contributed by atoms with Gasteiger partial charge in [-0.1, -0.05) is 162 Å². The molecule has 5 aromatic carbocycles. The fourth-order valence-corrected chi connectivity index (χ4v) is 9.73. The van der Waals surface area contributed by atoms with Crippen LogP contribution in [0.5, 0.6) is 0 Å². The molecule has 0 spiro atoms. The minimum atomic E-state index is -0.0326. The average Bonchev–Trinajstić information content (AvgIpc) is 3.46. The Hall–Kier alpha value is -7.30. The molecular weight excluding hydrogens is 853 g/mol. The van der Waals surface area contributed by atoms with Crippen LogP contribution in [0.25, 0.3) is 49.2 Å². The summed E-state index contributed by atoms with van der Waals surface area (Å²) in [6, 6.07) is 24.9. The van der Waals surface area contributed by atoms with Crippen molar-refractivity contribution >= 4 is 60.6 Å². The van der Waals surface area contributed by atoms with Gasteiger partial charge in [0.15, 0.2) is 5.58 Å². The Bertz CT molecular complexity index is 3380. The van der Waals surface area contributed by atoms with Crippen molar-refractivity contribution in [2.45, 2.75) is 88.0 Å². The van der Waals surface area contributed by atoms with Gasteiger partial charge in [-0.2, -0.15) is 0 Å². The Labute approximate surface area is 417 Å². The van der Waals surface area contributed by atoms with Crippen LogP contribution in [-0.2, 0) is 11.2 Å². The summed E-state index contributed by atoms with van der Waals surface area (Å²) < 4.78 is 13.9. The largest absolute Gasteiger partial charge is 0.487 e. The molecule has 70 heavy (non-hydrogen) atoms. The monoisotopic (exact) mass is 923 g/mol. The van der Waals surface area contributed by atoms with Gasteiger partial charge in [-0.15, -0.1) is 6.58 Å². The molecular formula is C66H70N2O2. The van der Waals surface area contributed by atoms with Crippen molar-refractivity contribution in [3.63, 3.8) is 0 Å². The maximum Gasteiger partial charge on any atom is 0.159 e. The molecule has 0 saturated heterocycles. The number of ether oxygens (including phenoxy) is 1. The first kappa shape index (κ1) is 49.1. The topological polar surface area (TPSA) is 28.9 Å². The highest BCUT2D eigenvalue weighted by atomic mass is 16.5. The zero-order chi connectivity index (χ0) is 49.6. The summed E-state index contributed by atoms with van der Waals surface area (Å²) in [5.41, 5.74) is 14.0. The van der Waals surface area contributed by atoms with E-state index in [4.69, 9.17) is 15.7 Å². The maximum atomic E-state index is 6.96. The molecule has 1 aromatic heterocycles. The van der Waals surface area contributed by atoms with E-state index in [1.807, 2.05) is 19.1 Å². The summed E-state index contributed by atoms with van der Waals surface area (Å²) in [6.45, 7) is 31.2. The van der Waals surface area contributed by atoms with Crippen LogP contribution in [0.3, 0.4) is 0 Å². The van der Waals surface area contributed by atoms with Gasteiger partial charge < -0.3 is 19.0 Å². The summed E-state index contributed by atoms with van der Waals surface area (Å²) >= 11 is 0. The Morgan fingerprint density at radius 3 is 2.29 bits per heavy atom. The summed E-state index contributed by atoms with van der Waals surface area (Å²) in [6.07, 6.45) is 36.2. The van der Waals surface area contributed by atoms with E-state index in [-0.39, 0.29) is 17.8 Å². The van der Waals surface area contributed by atoms with E-state index in [2.05, 4.69) is 231 Å². The van der Waals surface area contributed by atoms with Gasteiger partial charge in [0.1, 0.15) is 17.9 Å². The first-order valence-electron chi connectivity index (χ1n) is 25.1. The molecule has 0 N–H and O–H groups in total. The number of fused-ring (bicyclic) bond motifs is 3. The highest BCUT2D eigenvalue weighted by molar-refractivity contribution is 6.19. The van der Waals surface area contributed by atoms with Crippen LogP contribution in [0, 0.1) is 18.8 Å². The van der Waals surface area contributed by atoms with E-state index >= 15 is 0 Å². The standard InChI is InChI=1S/C66H70N2O2/c1-13-17-18-21-24-38-67(58-33-26-32-54-53-31-25-28-47(11)64(53)70-66(54)58)60-41-57(44(7)8)52-36-37-56-61(40-50(43(5)6)39-49-34-35-55(60)63(52)62(49)56)68(51-29-22-19-20-23-30-51)59(27-14-2)65(48(12)46(10)16-4)69-42-45(9)15-3/h13-19,21-38,40-41,43-44,46H,4,12,20,39,42H2,1-3,5-11H3/b17-13-,21-18-,27-14-,38-24+,45-15-,65-59-. The molecule has 8 rings (SSSR count). The number of nitrogens with zero attached hydrogens (tertiary/aromatic N) is 2. The first-order valence-corrected chi connectivity index (χ1v) is 25.1. The fourth-order valence-electron chi connectivity index (χ4n) is 9.73. The highest BCUT2D eigenvalue weighted by Gasteiger charge is 2.29. The molecule has 2 aliphatic carbocycles. The second-order valence-electron chi connectivity index (χ2n) is 19.3. The van der Waals surface area contributed by atoms with E-state index < -0.39 is 0 Å². The normalized spacial score (nSPS) is 15.4. The number of rotatable bonds is 17. The smallest absolute Gasteiger partial charge is 0.159 e. The van der Waals surface area contributed by atoms with Gasteiger partial charge >= 0.3 is 0 Å². The lowest BCUT2D eigenvalue weighted by Gasteiger charge is -2.32. The molecule has 4 heteroatoms. The zero-order valence-corrected chi connectivity index (χ0v) is 43.1. The summed E-state index contributed by atoms with van der Waals surface area (Å²) in [4.78, 5) is 4.78. The van der Waals surface area contributed by atoms with Crippen LogP contribution in [0.4, 0.5) is 11.4 Å². The van der Waals surface area contributed by atoms with Gasteiger partial charge in [-0.25, -0.2) is 0 Å². The lowest BCUT2D eigenvalue weighted by molar-refractivity contribution is 0.235. The molecule has 1 atom stereocenters. The molecule has 4 nitrogen and oxygen atoms in total. The predicted octanol–water partition coefficient (Wildman–Crippen LogP) is 17.9. The van der Waals surface area contributed by atoms with Crippen molar-refractivity contribution in [1.82, 2.24) is 4.90 Å². The Morgan fingerprint density at radius 1 is 0.800 bits per heavy atom. The Morgan fingerprint density at radius 2 is 1.56 bits per heavy atom. The van der Waals surface area contributed by atoms with Crippen molar-refractivity contribution < 1.29 is 9.15 Å². The number of para-hydroxylation sites is 2. The van der Waals surface area contributed by atoms with E-state index in [1.54, 1.807) is 0 Å². The lowest BCUT2D eigenvalue weighted by atomic mass is 9.86. The van der Waals surface area contributed by atoms with Crippen molar-refractivity contribution in [3.8, 4) is 0 Å². The van der Waals surface area contributed by atoms with Gasteiger partial charge in [0.05, 0.1) is 22.8 Å². The minimum absolute atomic E-state index is 0.0326. The van der Waals surface area contributed by atoms with Gasteiger partial charge in [0.25, 0.3) is 0 Å². The lowest BCUT2D eigenvalue weighted by Crippen LogP contribution is -2.27. The molecule has 2 aliphatic rings. The molecule has 0 saturated carbocycles. The van der Waals surface area contributed by atoms with E-state index in [0.29, 0.717) is 6.61 Å². The molecule has 0 fully saturated rings. The average molecular weight is 923 g/mol. The van der Waals surface area contributed by atoms with Gasteiger partial charge in [0, 0.05) is 39.2 Å². The number of benzene rings is 5. The number of anilines is 2. The third kappa shape index (κ3) is 9.53. The van der Waals surface area contributed by atoms with Crippen molar-refractivity contribution in [3.05, 3.63) is 233 Å². The van der Waals surface area contributed by atoms with Crippen LogP contribution in [0.1, 0.15) is 91.3 Å². The molecule has 6 aromatic rings. The third-order valence-corrected chi connectivity index (χ3v) is 13.9. The van der Waals surface area contributed by atoms with E-state index in [0.717, 1.165) is 90.9 Å². The number of hydrogen-bond donors (Lipinski definition) is 0. The molecule has 356 valence electrons. The molecule has 0 aliphatic heterocycles. The number of hydrogen-bond acceptors (Lipinski definition) is 4. The van der Waals surface area contributed by atoms with Crippen LogP contribution < -0.4 is 10.1 Å². The summed E-state index contributed by atoms with van der Waals surface area (Å²) in [7, 11) is 0. The van der Waals surface area contributed by atoms with E-state index in [1.165, 1.54) is 38.2 Å². The van der Waals surface area contributed by atoms with Gasteiger partial charge in [-0.05, 0) is 146 Å². The predicted molar refractivity (Wildman–Crippen MR) is 303 cm³/mol. The first-order chi connectivity index (χ1) is 33.9. The maximum absolute atomic E-state index is 6.96. The highest BCUT2D eigenvalue weighted by Crippen LogP contribution is 2.46. The van der Waals surface area contributed by atoms with Crippen LogP contribution in [0.15, 0.2) is 216 Å². The second-order valence-corrected chi connectivity index (χ2v) is 19.3. The van der Waals surface area contributed by atoms with E-state index in [9.17, 15) is 0 Å². The Kier molecular flexibility index (Phi) is 15.1. The zero-order valence-electron chi connectivity index (χ0n) is 43.1. The Balaban J connectivity index is 1.54. The van der Waals surface area contributed by atoms with Crippen LogP contribution in [0.2, 0.25) is 0 Å². The molecule has 0 bridgehead atoms. The minimum Gasteiger partial charge on any atom is -0.487 e. The second kappa shape index (κ2) is 21.6. The quantitative estimate of drug-likeness (QED) is 0.0518. The number of aryl methyl sites for hydroxylation is 1. The van der Waals surface area contributed by atoms with Gasteiger partial charge in [-0.3, -0.25) is 0 Å². The SMILES string of the molecule is C=CC(C)C(=C)/C(OC/C(C)=C\C)=C(\C=C/C)N(C1=CC=CCC=C1)C1=c2ccc3c(C(C)C)cc(N(/C=C/C=C\C=C/C)c4cccc5c4oc4c(C)cccc45)c4ccc(c2c34)CC(C(C)C)=C1. The van der Waals surface area contributed by atoms with Crippen LogP contribution >= 0.6 is 0 Å². The van der Waals surface area contributed by atoms with Crippen molar-refractivity contribution in [1.29, 1.82) is 0 Å². The third-order valence-electron chi connectivity index (χ3n) is 13.9. The molecule has 1 heterocycles. The van der Waals surface area contributed by atoms with Crippen molar-refractivity contribution in [2.24, 2.45) is 11.8 Å². The number of allylic oxidation sites excluding steroid dienone is 16. The molecule has 1 unspecified atom stereocenters. The van der Waals surface area contributed by atoms with Crippen molar-refractivity contribution in [2.75, 3.05) is 11.5 Å². The van der Waals surface area contributed by atoms with Crippen LogP contribution in [-0.4, -0.2) is 11.5 Å². The van der Waals surface area contributed by atoms with Gasteiger partial charge in [0.2, 0.25) is 0 Å². The fraction of sp³-hybridized carbons (Fsp3) is 0.242. The number of furan rings is 1. The summed E-state index contributed by atoms with van der Waals surface area (Å²) in [5, 5.41) is 8.34. The summed E-state index contributed by atoms with van der Waals surface area (Å²) in [5.74, 6) is 1.22. The molecule has 0 amide bonds.